The van der Waals surface area contributed by atoms with Crippen LogP contribution in [0.2, 0.25) is 0 Å². The molecular weight excluding hydrogens is 324 g/mol. The van der Waals surface area contributed by atoms with Gasteiger partial charge >= 0.3 is 0 Å². The monoisotopic (exact) mass is 346 g/mol. The largest absolute Gasteiger partial charge is 0.322 e. The third-order valence-corrected chi connectivity index (χ3v) is 5.80. The Morgan fingerprint density at radius 1 is 0.958 bits per heavy atom. The molecule has 0 heterocycles. The van der Waals surface area contributed by atoms with E-state index in [-0.39, 0.29) is 10.8 Å². The lowest BCUT2D eigenvalue weighted by Crippen LogP contribution is -2.23. The van der Waals surface area contributed by atoms with Crippen molar-refractivity contribution in [1.82, 2.24) is 4.31 Å². The van der Waals surface area contributed by atoms with Gasteiger partial charge in [0.25, 0.3) is 5.91 Å². The van der Waals surface area contributed by atoms with Crippen LogP contribution in [0.15, 0.2) is 41.3 Å². The van der Waals surface area contributed by atoms with Crippen molar-refractivity contribution in [3.05, 3.63) is 58.7 Å². The van der Waals surface area contributed by atoms with E-state index in [1.165, 1.54) is 20.2 Å². The minimum atomic E-state index is -3.56. The van der Waals surface area contributed by atoms with E-state index in [0.717, 1.165) is 15.4 Å². The van der Waals surface area contributed by atoms with Gasteiger partial charge in [-0.05, 0) is 50.1 Å². The molecule has 0 radical (unpaired) electrons. The smallest absolute Gasteiger partial charge is 0.255 e. The summed E-state index contributed by atoms with van der Waals surface area (Å²) >= 11 is 0. The van der Waals surface area contributed by atoms with Crippen molar-refractivity contribution in [1.29, 1.82) is 0 Å². The van der Waals surface area contributed by atoms with E-state index in [9.17, 15) is 13.2 Å². The summed E-state index contributed by atoms with van der Waals surface area (Å²) in [4.78, 5) is 12.7. The van der Waals surface area contributed by atoms with Gasteiger partial charge in [-0.15, -0.1) is 0 Å². The lowest BCUT2D eigenvalue weighted by atomic mass is 10.0. The molecule has 0 spiro atoms. The zero-order chi connectivity index (χ0) is 18.1. The first kappa shape index (κ1) is 18.2. The van der Waals surface area contributed by atoms with Crippen molar-refractivity contribution in [2.45, 2.75) is 25.7 Å². The number of hydrogen-bond donors (Lipinski definition) is 1. The fourth-order valence-corrected chi connectivity index (χ4v) is 3.48. The summed E-state index contributed by atoms with van der Waals surface area (Å²) in [5.41, 5.74) is 3.52. The van der Waals surface area contributed by atoms with Crippen molar-refractivity contribution in [2.75, 3.05) is 19.4 Å². The number of nitrogens with one attached hydrogen (secondary N) is 1. The Balaban J connectivity index is 2.38. The van der Waals surface area contributed by atoms with Gasteiger partial charge in [0.1, 0.15) is 0 Å². The first-order valence-electron chi connectivity index (χ1n) is 7.54. The molecule has 0 bridgehead atoms. The van der Waals surface area contributed by atoms with E-state index >= 15 is 0 Å². The molecule has 2 aromatic carbocycles. The first-order valence-corrected chi connectivity index (χ1v) is 8.98. The minimum Gasteiger partial charge on any atom is -0.322 e. The van der Waals surface area contributed by atoms with Gasteiger partial charge in [0.15, 0.2) is 0 Å². The maximum atomic E-state index is 12.5. The molecule has 5 nitrogen and oxygen atoms in total. The van der Waals surface area contributed by atoms with Gasteiger partial charge < -0.3 is 5.32 Å². The summed E-state index contributed by atoms with van der Waals surface area (Å²) in [6.45, 7) is 5.52. The van der Waals surface area contributed by atoms with Gasteiger partial charge in [-0.3, -0.25) is 4.79 Å². The SMILES string of the molecule is Cc1ccc(C)c(C(=O)Nc2ccc(C)c(S(=O)(=O)N(C)C)c2)c1. The van der Waals surface area contributed by atoms with Gasteiger partial charge in [-0.2, -0.15) is 0 Å². The van der Waals surface area contributed by atoms with Gasteiger partial charge in [-0.25, -0.2) is 12.7 Å². The van der Waals surface area contributed by atoms with E-state index in [2.05, 4.69) is 5.32 Å². The fourth-order valence-electron chi connectivity index (χ4n) is 2.33. The molecule has 1 N–H and O–H groups in total. The van der Waals surface area contributed by atoms with Crippen LogP contribution in [-0.4, -0.2) is 32.7 Å². The van der Waals surface area contributed by atoms with Crippen molar-refractivity contribution < 1.29 is 13.2 Å². The Morgan fingerprint density at radius 2 is 1.58 bits per heavy atom. The molecule has 0 atom stereocenters. The van der Waals surface area contributed by atoms with Gasteiger partial charge in [0.05, 0.1) is 4.90 Å². The number of carbonyl (C=O) groups excluding carboxylic acids is 1. The zero-order valence-corrected chi connectivity index (χ0v) is 15.4. The Bertz CT molecular complexity index is 887. The molecule has 0 fully saturated rings. The lowest BCUT2D eigenvalue weighted by molar-refractivity contribution is 0.102. The van der Waals surface area contributed by atoms with E-state index < -0.39 is 10.0 Å². The second kappa shape index (κ2) is 6.75. The summed E-state index contributed by atoms with van der Waals surface area (Å²) < 4.78 is 25.9. The highest BCUT2D eigenvalue weighted by molar-refractivity contribution is 7.89. The number of sulfonamides is 1. The van der Waals surface area contributed by atoms with Gasteiger partial charge in [0.2, 0.25) is 10.0 Å². The highest BCUT2D eigenvalue weighted by Crippen LogP contribution is 2.23. The van der Waals surface area contributed by atoms with Crippen LogP contribution in [0.5, 0.6) is 0 Å². The summed E-state index contributed by atoms with van der Waals surface area (Å²) in [5, 5.41) is 2.78. The average Bonchev–Trinajstić information content (AvgIpc) is 2.51. The quantitative estimate of drug-likeness (QED) is 0.925. The van der Waals surface area contributed by atoms with Crippen LogP contribution in [0.4, 0.5) is 5.69 Å². The molecule has 0 aliphatic rings. The highest BCUT2D eigenvalue weighted by atomic mass is 32.2. The number of aryl methyl sites for hydroxylation is 3. The number of benzene rings is 2. The number of rotatable bonds is 4. The summed E-state index contributed by atoms with van der Waals surface area (Å²) in [7, 11) is -0.599. The van der Waals surface area contributed by atoms with Crippen LogP contribution in [-0.2, 0) is 10.0 Å². The molecule has 0 saturated carbocycles. The molecule has 0 aliphatic carbocycles. The first-order chi connectivity index (χ1) is 11.1. The van der Waals surface area contributed by atoms with Crippen LogP contribution >= 0.6 is 0 Å². The van der Waals surface area contributed by atoms with Gasteiger partial charge in [0, 0.05) is 25.3 Å². The van der Waals surface area contributed by atoms with Gasteiger partial charge in [-0.1, -0.05) is 23.8 Å². The zero-order valence-electron chi connectivity index (χ0n) is 14.5. The number of amides is 1. The molecule has 0 aliphatic heterocycles. The topological polar surface area (TPSA) is 66.5 Å². The molecule has 2 rings (SSSR count). The van der Waals surface area contributed by atoms with E-state index in [0.29, 0.717) is 16.8 Å². The standard InChI is InChI=1S/C18H22N2O3S/c1-12-6-7-13(2)16(10-12)18(21)19-15-9-8-14(3)17(11-15)24(22,23)20(4)5/h6-11H,1-5H3,(H,19,21). The van der Waals surface area contributed by atoms with Crippen LogP contribution in [0.3, 0.4) is 0 Å². The Morgan fingerprint density at radius 3 is 2.21 bits per heavy atom. The minimum absolute atomic E-state index is 0.186. The van der Waals surface area contributed by atoms with Crippen LogP contribution in [0.1, 0.15) is 27.0 Å². The second-order valence-corrected chi connectivity index (χ2v) is 8.16. The second-order valence-electron chi connectivity index (χ2n) is 6.04. The Labute approximate surface area is 143 Å². The van der Waals surface area contributed by atoms with Crippen LogP contribution < -0.4 is 5.32 Å². The maximum Gasteiger partial charge on any atom is 0.255 e. The van der Waals surface area contributed by atoms with E-state index in [1.807, 2.05) is 32.0 Å². The number of nitrogens with zero attached hydrogens (tertiary/aromatic N) is 1. The Kier molecular flexibility index (Phi) is 5.11. The maximum absolute atomic E-state index is 12.5. The summed E-state index contributed by atoms with van der Waals surface area (Å²) in [5.74, 6) is -0.256. The molecule has 1 amide bonds. The predicted octanol–water partition coefficient (Wildman–Crippen LogP) is 3.11. The van der Waals surface area contributed by atoms with Crippen molar-refractivity contribution in [3.8, 4) is 0 Å². The lowest BCUT2D eigenvalue weighted by Gasteiger charge is -2.15. The highest BCUT2D eigenvalue weighted by Gasteiger charge is 2.20. The van der Waals surface area contributed by atoms with Crippen LogP contribution in [0, 0.1) is 20.8 Å². The summed E-state index contributed by atoms with van der Waals surface area (Å²) in [6.07, 6.45) is 0. The number of hydrogen-bond acceptors (Lipinski definition) is 3. The molecule has 0 aromatic heterocycles. The average molecular weight is 346 g/mol. The molecule has 2 aromatic rings. The van der Waals surface area contributed by atoms with Crippen molar-refractivity contribution >= 4 is 21.6 Å². The van der Waals surface area contributed by atoms with Crippen molar-refractivity contribution in [2.24, 2.45) is 0 Å². The molecule has 24 heavy (non-hydrogen) atoms. The molecule has 0 unspecified atom stereocenters. The number of carbonyl (C=O) groups is 1. The Hall–Kier alpha value is -2.18. The molecule has 6 heteroatoms. The fraction of sp³-hybridized carbons (Fsp3) is 0.278. The summed E-state index contributed by atoms with van der Waals surface area (Å²) in [6, 6.07) is 10.5. The van der Waals surface area contributed by atoms with Crippen molar-refractivity contribution in [3.63, 3.8) is 0 Å². The third kappa shape index (κ3) is 3.66. The van der Waals surface area contributed by atoms with E-state index in [4.69, 9.17) is 0 Å². The molecule has 0 saturated heterocycles. The molecule has 128 valence electrons. The molecular formula is C18H22N2O3S. The predicted molar refractivity (Wildman–Crippen MR) is 95.9 cm³/mol. The van der Waals surface area contributed by atoms with E-state index in [1.54, 1.807) is 19.1 Å². The normalized spacial score (nSPS) is 11.6. The van der Waals surface area contributed by atoms with Crippen LogP contribution in [0.25, 0.3) is 0 Å². The number of anilines is 1. The third-order valence-electron chi connectivity index (χ3n) is 3.84.